The van der Waals surface area contributed by atoms with Crippen LogP contribution in [0.2, 0.25) is 0 Å². The van der Waals surface area contributed by atoms with Crippen molar-refractivity contribution in [2.24, 2.45) is 0 Å². The third-order valence-corrected chi connectivity index (χ3v) is 7.57. The minimum atomic E-state index is -3.50. The molecule has 0 unspecified atom stereocenters. The number of nitrogens with zero attached hydrogens (tertiary/aromatic N) is 1. The molecule has 3 rings (SSSR count). The molecule has 1 aliphatic rings. The predicted molar refractivity (Wildman–Crippen MR) is 111 cm³/mol. The zero-order valence-electron chi connectivity index (χ0n) is 17.0. The molecule has 5 nitrogen and oxygen atoms in total. The van der Waals surface area contributed by atoms with Crippen molar-refractivity contribution >= 4 is 15.9 Å². The molecule has 0 aliphatic carbocycles. The average Bonchev–Trinajstić information content (AvgIpc) is 2.66. The topological polar surface area (TPSA) is 66.5 Å². The van der Waals surface area contributed by atoms with Crippen molar-refractivity contribution < 1.29 is 13.2 Å². The Hall–Kier alpha value is -2.18. The van der Waals surface area contributed by atoms with Gasteiger partial charge in [0.25, 0.3) is 5.91 Å². The van der Waals surface area contributed by atoms with Crippen molar-refractivity contribution in [3.05, 3.63) is 64.2 Å². The smallest absolute Gasteiger partial charge is 0.251 e. The van der Waals surface area contributed by atoms with Crippen LogP contribution in [0.3, 0.4) is 0 Å². The van der Waals surface area contributed by atoms with E-state index in [2.05, 4.69) is 5.32 Å². The summed E-state index contributed by atoms with van der Waals surface area (Å²) in [4.78, 5) is 12.8. The zero-order chi connectivity index (χ0) is 20.5. The van der Waals surface area contributed by atoms with E-state index in [1.54, 1.807) is 12.1 Å². The lowest BCUT2D eigenvalue weighted by atomic mass is 10.0. The summed E-state index contributed by atoms with van der Waals surface area (Å²) in [6.07, 6.45) is 1.22. The van der Waals surface area contributed by atoms with E-state index in [0.717, 1.165) is 22.3 Å². The fraction of sp³-hybridized carbons (Fsp3) is 0.409. The largest absolute Gasteiger partial charge is 0.349 e. The Bertz CT molecular complexity index is 991. The molecule has 0 atom stereocenters. The summed E-state index contributed by atoms with van der Waals surface area (Å²) in [5, 5.41) is 3.05. The van der Waals surface area contributed by atoms with Crippen molar-refractivity contribution in [2.45, 2.75) is 51.5 Å². The van der Waals surface area contributed by atoms with E-state index in [4.69, 9.17) is 0 Å². The summed E-state index contributed by atoms with van der Waals surface area (Å²) < 4.78 is 27.3. The number of piperidine rings is 1. The number of benzene rings is 2. The second-order valence-corrected chi connectivity index (χ2v) is 9.63. The van der Waals surface area contributed by atoms with Crippen molar-refractivity contribution in [1.82, 2.24) is 9.62 Å². The molecule has 0 spiro atoms. The van der Waals surface area contributed by atoms with E-state index in [0.29, 0.717) is 36.4 Å². The van der Waals surface area contributed by atoms with Gasteiger partial charge in [-0.3, -0.25) is 4.79 Å². The Labute approximate surface area is 167 Å². The number of sulfonamides is 1. The van der Waals surface area contributed by atoms with Crippen LogP contribution in [0.1, 0.15) is 45.5 Å². The van der Waals surface area contributed by atoms with Gasteiger partial charge in [-0.25, -0.2) is 8.42 Å². The normalized spacial score (nSPS) is 16.1. The number of carbonyl (C=O) groups is 1. The summed E-state index contributed by atoms with van der Waals surface area (Å²) in [6.45, 7) is 8.71. The fourth-order valence-electron chi connectivity index (χ4n) is 3.42. The van der Waals surface area contributed by atoms with Crippen LogP contribution in [0.25, 0.3) is 0 Å². The molecule has 0 radical (unpaired) electrons. The Balaban J connectivity index is 1.62. The average molecular weight is 401 g/mol. The van der Waals surface area contributed by atoms with Gasteiger partial charge in [-0.2, -0.15) is 4.31 Å². The Morgan fingerprint density at radius 3 is 2.04 bits per heavy atom. The van der Waals surface area contributed by atoms with E-state index in [1.807, 2.05) is 52.0 Å². The first-order valence-corrected chi connectivity index (χ1v) is 11.1. The van der Waals surface area contributed by atoms with Gasteiger partial charge in [0.2, 0.25) is 10.0 Å². The van der Waals surface area contributed by atoms with Crippen LogP contribution in [0, 0.1) is 27.7 Å². The molecule has 0 aromatic heterocycles. The van der Waals surface area contributed by atoms with Crippen LogP contribution in [0.4, 0.5) is 0 Å². The molecular formula is C22H28N2O3S. The van der Waals surface area contributed by atoms with Crippen LogP contribution in [0.5, 0.6) is 0 Å². The maximum Gasteiger partial charge on any atom is 0.251 e. The fourth-order valence-corrected chi connectivity index (χ4v) is 4.97. The first kappa shape index (κ1) is 20.6. The van der Waals surface area contributed by atoms with Gasteiger partial charge in [0.15, 0.2) is 0 Å². The SMILES string of the molecule is Cc1ccc(C(=O)NC2CCN(S(=O)(=O)c3ccc(C)c(C)c3)CC2)cc1C. The highest BCUT2D eigenvalue weighted by Gasteiger charge is 2.30. The number of carbonyl (C=O) groups excluding carboxylic acids is 1. The maximum atomic E-state index is 12.9. The molecule has 1 fully saturated rings. The Kier molecular flexibility index (Phi) is 5.91. The van der Waals surface area contributed by atoms with Gasteiger partial charge >= 0.3 is 0 Å². The van der Waals surface area contributed by atoms with Crippen molar-refractivity contribution in [2.75, 3.05) is 13.1 Å². The third kappa shape index (κ3) is 4.28. The second-order valence-electron chi connectivity index (χ2n) is 7.70. The van der Waals surface area contributed by atoms with Gasteiger partial charge in [-0.05, 0) is 87.1 Å². The lowest BCUT2D eigenvalue weighted by molar-refractivity contribution is 0.0923. The first-order valence-electron chi connectivity index (χ1n) is 9.64. The Morgan fingerprint density at radius 1 is 0.893 bits per heavy atom. The third-order valence-electron chi connectivity index (χ3n) is 5.67. The standard InChI is InChI=1S/C22H28N2O3S/c1-15-5-7-19(13-17(15)3)22(25)23-20-9-11-24(12-10-20)28(26,27)21-8-6-16(2)18(4)14-21/h5-8,13-14,20H,9-12H2,1-4H3,(H,23,25). The summed E-state index contributed by atoms with van der Waals surface area (Å²) in [6, 6.07) is 10.9. The summed E-state index contributed by atoms with van der Waals surface area (Å²) in [7, 11) is -3.50. The molecule has 1 saturated heterocycles. The molecule has 28 heavy (non-hydrogen) atoms. The number of rotatable bonds is 4. The molecule has 1 heterocycles. The number of amides is 1. The maximum absolute atomic E-state index is 12.9. The van der Waals surface area contributed by atoms with E-state index in [9.17, 15) is 13.2 Å². The molecule has 6 heteroatoms. The molecule has 0 bridgehead atoms. The minimum Gasteiger partial charge on any atom is -0.349 e. The first-order chi connectivity index (χ1) is 13.2. The molecule has 2 aromatic carbocycles. The molecular weight excluding hydrogens is 372 g/mol. The predicted octanol–water partition coefficient (Wildman–Crippen LogP) is 3.50. The van der Waals surface area contributed by atoms with E-state index in [-0.39, 0.29) is 11.9 Å². The van der Waals surface area contributed by atoms with Gasteiger partial charge in [0.05, 0.1) is 4.90 Å². The molecule has 150 valence electrons. The number of aryl methyl sites for hydroxylation is 4. The van der Waals surface area contributed by atoms with Gasteiger partial charge in [-0.15, -0.1) is 0 Å². The van der Waals surface area contributed by atoms with Crippen LogP contribution < -0.4 is 5.32 Å². The highest BCUT2D eigenvalue weighted by Crippen LogP contribution is 2.23. The minimum absolute atomic E-state index is 0.0136. The quantitative estimate of drug-likeness (QED) is 0.854. The van der Waals surface area contributed by atoms with Crippen molar-refractivity contribution in [3.63, 3.8) is 0 Å². The van der Waals surface area contributed by atoms with Gasteiger partial charge in [0, 0.05) is 24.7 Å². The van der Waals surface area contributed by atoms with Gasteiger partial charge in [0.1, 0.15) is 0 Å². The monoisotopic (exact) mass is 400 g/mol. The second kappa shape index (κ2) is 8.05. The van der Waals surface area contributed by atoms with Crippen LogP contribution in [-0.4, -0.2) is 37.8 Å². The molecule has 1 aliphatic heterocycles. The van der Waals surface area contributed by atoms with Gasteiger partial charge in [-0.1, -0.05) is 12.1 Å². The molecule has 0 saturated carbocycles. The number of nitrogens with one attached hydrogen (secondary N) is 1. The highest BCUT2D eigenvalue weighted by molar-refractivity contribution is 7.89. The van der Waals surface area contributed by atoms with E-state index >= 15 is 0 Å². The van der Waals surface area contributed by atoms with E-state index in [1.165, 1.54) is 4.31 Å². The van der Waals surface area contributed by atoms with Crippen molar-refractivity contribution in [3.8, 4) is 0 Å². The van der Waals surface area contributed by atoms with Crippen molar-refractivity contribution in [1.29, 1.82) is 0 Å². The van der Waals surface area contributed by atoms with Crippen LogP contribution in [0.15, 0.2) is 41.3 Å². The number of hydrogen-bond donors (Lipinski definition) is 1. The highest BCUT2D eigenvalue weighted by atomic mass is 32.2. The summed E-state index contributed by atoms with van der Waals surface area (Å²) in [5.74, 6) is -0.0985. The van der Waals surface area contributed by atoms with Crippen LogP contribution in [-0.2, 0) is 10.0 Å². The zero-order valence-corrected chi connectivity index (χ0v) is 17.8. The molecule has 1 amide bonds. The lowest BCUT2D eigenvalue weighted by Gasteiger charge is -2.31. The summed E-state index contributed by atoms with van der Waals surface area (Å²) in [5.41, 5.74) is 4.93. The van der Waals surface area contributed by atoms with E-state index < -0.39 is 10.0 Å². The molecule has 2 aromatic rings. The van der Waals surface area contributed by atoms with Crippen LogP contribution >= 0.6 is 0 Å². The Morgan fingerprint density at radius 2 is 1.46 bits per heavy atom. The number of hydrogen-bond acceptors (Lipinski definition) is 3. The lowest BCUT2D eigenvalue weighted by Crippen LogP contribution is -2.46. The summed E-state index contributed by atoms with van der Waals surface area (Å²) >= 11 is 0. The van der Waals surface area contributed by atoms with Gasteiger partial charge < -0.3 is 5.32 Å². The molecule has 1 N–H and O–H groups in total.